The minimum Gasteiger partial charge on any atom is -0.350 e. The minimum absolute atomic E-state index is 0. The van der Waals surface area contributed by atoms with E-state index < -0.39 is 0 Å². The van der Waals surface area contributed by atoms with Gasteiger partial charge in [-0.2, -0.15) is 11.8 Å². The van der Waals surface area contributed by atoms with Gasteiger partial charge < -0.3 is 10.6 Å². The summed E-state index contributed by atoms with van der Waals surface area (Å²) in [6.45, 7) is 6.10. The lowest BCUT2D eigenvalue weighted by molar-refractivity contribution is -0.122. The van der Waals surface area contributed by atoms with Gasteiger partial charge in [-0.3, -0.25) is 4.79 Å². The molecule has 0 saturated carbocycles. The maximum atomic E-state index is 11.7. The molecular weight excluding hydrogens is 232 g/mol. The quantitative estimate of drug-likeness (QED) is 0.798. The number of halogens is 1. The fourth-order valence-electron chi connectivity index (χ4n) is 1.61. The summed E-state index contributed by atoms with van der Waals surface area (Å²) in [5.74, 6) is 0.168. The number of carbonyl (C=O) groups excluding carboxylic acids is 1. The Hall–Kier alpha value is 0.0700. The zero-order valence-corrected chi connectivity index (χ0v) is 11.3. The first-order valence-electron chi connectivity index (χ1n) is 5.13. The lowest BCUT2D eigenvalue weighted by Gasteiger charge is -2.35. The van der Waals surface area contributed by atoms with Crippen LogP contribution in [0.3, 0.4) is 0 Å². The van der Waals surface area contributed by atoms with Crippen molar-refractivity contribution in [2.45, 2.75) is 37.5 Å². The first-order chi connectivity index (χ1) is 6.57. The summed E-state index contributed by atoms with van der Waals surface area (Å²) in [4.78, 5) is 11.7. The fraction of sp³-hybridized carbons (Fsp3) is 0.900. The average Bonchev–Trinajstić information content (AvgIpc) is 2.17. The van der Waals surface area contributed by atoms with Gasteiger partial charge in [0.05, 0.1) is 5.25 Å². The first-order valence-corrected chi connectivity index (χ1v) is 6.42. The Kier molecular flexibility index (Phi) is 6.64. The van der Waals surface area contributed by atoms with Crippen molar-refractivity contribution in [3.05, 3.63) is 0 Å². The molecule has 3 nitrogen and oxygen atoms in total. The van der Waals surface area contributed by atoms with Crippen LogP contribution in [0.5, 0.6) is 0 Å². The van der Waals surface area contributed by atoms with Crippen LogP contribution in [0.15, 0.2) is 0 Å². The third-order valence-corrected chi connectivity index (χ3v) is 3.78. The van der Waals surface area contributed by atoms with Gasteiger partial charge in [-0.05, 0) is 46.0 Å². The van der Waals surface area contributed by atoms with E-state index >= 15 is 0 Å². The molecule has 1 unspecified atom stereocenters. The molecule has 15 heavy (non-hydrogen) atoms. The molecule has 0 radical (unpaired) electrons. The number of piperidine rings is 1. The highest BCUT2D eigenvalue weighted by Crippen LogP contribution is 2.18. The van der Waals surface area contributed by atoms with E-state index in [2.05, 4.69) is 17.6 Å². The molecule has 1 amide bonds. The molecule has 1 saturated heterocycles. The Morgan fingerprint density at radius 3 is 2.47 bits per heavy atom. The molecule has 2 N–H and O–H groups in total. The molecule has 90 valence electrons. The van der Waals surface area contributed by atoms with Crippen molar-refractivity contribution in [2.75, 3.05) is 19.3 Å². The number of nitrogens with one attached hydrogen (secondary N) is 2. The molecule has 1 fully saturated rings. The summed E-state index contributed by atoms with van der Waals surface area (Å²) in [5, 5.41) is 6.50. The van der Waals surface area contributed by atoms with Gasteiger partial charge in [0.15, 0.2) is 0 Å². The number of carbonyl (C=O) groups is 1. The molecule has 1 atom stereocenters. The third-order valence-electron chi connectivity index (χ3n) is 2.85. The predicted octanol–water partition coefficient (Wildman–Crippen LogP) is 1.42. The van der Waals surface area contributed by atoms with Crippen LogP contribution >= 0.6 is 24.2 Å². The second-order valence-electron chi connectivity index (χ2n) is 4.18. The van der Waals surface area contributed by atoms with Gasteiger partial charge >= 0.3 is 0 Å². The van der Waals surface area contributed by atoms with E-state index in [1.165, 1.54) is 0 Å². The van der Waals surface area contributed by atoms with Crippen molar-refractivity contribution >= 4 is 30.1 Å². The van der Waals surface area contributed by atoms with Crippen LogP contribution in [0.4, 0.5) is 0 Å². The van der Waals surface area contributed by atoms with Gasteiger partial charge in [0.1, 0.15) is 0 Å². The second kappa shape index (κ2) is 6.61. The Morgan fingerprint density at radius 2 is 2.00 bits per heavy atom. The summed E-state index contributed by atoms with van der Waals surface area (Å²) in [7, 11) is 0. The van der Waals surface area contributed by atoms with Crippen molar-refractivity contribution < 1.29 is 4.79 Å². The minimum atomic E-state index is 0. The highest BCUT2D eigenvalue weighted by atomic mass is 35.5. The molecule has 1 aliphatic rings. The van der Waals surface area contributed by atoms with E-state index in [0.717, 1.165) is 25.9 Å². The van der Waals surface area contributed by atoms with Crippen molar-refractivity contribution in [3.8, 4) is 0 Å². The second-order valence-corrected chi connectivity index (χ2v) is 5.36. The number of rotatable bonds is 3. The largest absolute Gasteiger partial charge is 0.350 e. The molecule has 0 spiro atoms. The molecule has 0 bridgehead atoms. The number of amides is 1. The van der Waals surface area contributed by atoms with Crippen LogP contribution in [-0.2, 0) is 4.79 Å². The molecule has 5 heteroatoms. The summed E-state index contributed by atoms with van der Waals surface area (Å²) < 4.78 is 0. The van der Waals surface area contributed by atoms with Gasteiger partial charge in [0.2, 0.25) is 5.91 Å². The molecule has 1 aliphatic heterocycles. The van der Waals surface area contributed by atoms with Crippen molar-refractivity contribution in [3.63, 3.8) is 0 Å². The monoisotopic (exact) mass is 252 g/mol. The summed E-state index contributed by atoms with van der Waals surface area (Å²) >= 11 is 1.59. The average molecular weight is 253 g/mol. The van der Waals surface area contributed by atoms with Gasteiger partial charge in [-0.25, -0.2) is 0 Å². The van der Waals surface area contributed by atoms with Crippen LogP contribution in [0.1, 0.15) is 26.7 Å². The zero-order chi connectivity index (χ0) is 10.6. The van der Waals surface area contributed by atoms with Crippen molar-refractivity contribution in [1.82, 2.24) is 10.6 Å². The summed E-state index contributed by atoms with van der Waals surface area (Å²) in [5.41, 5.74) is 0.00627. The molecule has 0 aromatic carbocycles. The summed E-state index contributed by atoms with van der Waals surface area (Å²) in [6, 6.07) is 0. The van der Waals surface area contributed by atoms with E-state index in [9.17, 15) is 4.79 Å². The SMILES string of the molecule is CSC(C)C(=O)NC1(C)CCNCC1.Cl. The Bertz CT molecular complexity index is 208. The van der Waals surface area contributed by atoms with Gasteiger partial charge in [-0.1, -0.05) is 0 Å². The Morgan fingerprint density at radius 1 is 1.47 bits per heavy atom. The van der Waals surface area contributed by atoms with Crippen molar-refractivity contribution in [1.29, 1.82) is 0 Å². The van der Waals surface area contributed by atoms with Gasteiger partial charge in [0.25, 0.3) is 0 Å². The zero-order valence-electron chi connectivity index (χ0n) is 9.63. The maximum absolute atomic E-state index is 11.7. The van der Waals surface area contributed by atoms with Crippen LogP contribution in [-0.4, -0.2) is 36.0 Å². The number of thioether (sulfide) groups is 1. The molecule has 1 heterocycles. The van der Waals surface area contributed by atoms with E-state index in [4.69, 9.17) is 0 Å². The molecule has 0 aliphatic carbocycles. The van der Waals surface area contributed by atoms with Crippen LogP contribution in [0, 0.1) is 0 Å². The Labute approximate surface area is 103 Å². The highest BCUT2D eigenvalue weighted by molar-refractivity contribution is 7.99. The van der Waals surface area contributed by atoms with E-state index in [-0.39, 0.29) is 29.1 Å². The summed E-state index contributed by atoms with van der Waals surface area (Å²) in [6.07, 6.45) is 4.02. The number of hydrogen-bond donors (Lipinski definition) is 2. The van der Waals surface area contributed by atoms with Crippen LogP contribution < -0.4 is 10.6 Å². The van der Waals surface area contributed by atoms with Gasteiger partial charge in [0, 0.05) is 5.54 Å². The fourth-order valence-corrected chi connectivity index (χ4v) is 1.88. The highest BCUT2D eigenvalue weighted by Gasteiger charge is 2.29. The van der Waals surface area contributed by atoms with E-state index in [1.54, 1.807) is 11.8 Å². The molecular formula is C10H21ClN2OS. The van der Waals surface area contributed by atoms with E-state index in [0.29, 0.717) is 0 Å². The van der Waals surface area contributed by atoms with Crippen LogP contribution in [0.2, 0.25) is 0 Å². The lowest BCUT2D eigenvalue weighted by atomic mass is 9.90. The number of hydrogen-bond acceptors (Lipinski definition) is 3. The first kappa shape index (κ1) is 15.1. The Balaban J connectivity index is 0.00000196. The topological polar surface area (TPSA) is 41.1 Å². The molecule has 0 aromatic heterocycles. The van der Waals surface area contributed by atoms with Crippen LogP contribution in [0.25, 0.3) is 0 Å². The standard InChI is InChI=1S/C10H20N2OS.ClH/c1-8(14-3)9(13)12-10(2)4-6-11-7-5-10;/h8,11H,4-7H2,1-3H3,(H,12,13);1H. The third kappa shape index (κ3) is 4.62. The predicted molar refractivity (Wildman–Crippen MR) is 68.9 cm³/mol. The smallest absolute Gasteiger partial charge is 0.233 e. The molecule has 1 rings (SSSR count). The van der Waals surface area contributed by atoms with Gasteiger partial charge in [-0.15, -0.1) is 12.4 Å². The lowest BCUT2D eigenvalue weighted by Crippen LogP contribution is -2.53. The normalized spacial score (nSPS) is 21.3. The maximum Gasteiger partial charge on any atom is 0.233 e. The molecule has 0 aromatic rings. The van der Waals surface area contributed by atoms with Crippen molar-refractivity contribution in [2.24, 2.45) is 0 Å². The van der Waals surface area contributed by atoms with E-state index in [1.807, 2.05) is 13.2 Å².